The molecule has 86 valence electrons. The van der Waals surface area contributed by atoms with Crippen LogP contribution < -0.4 is 11.3 Å². The molecule has 1 atom stereocenters. The molecule has 1 aliphatic heterocycles. The lowest BCUT2D eigenvalue weighted by atomic mass is 9.71. The van der Waals surface area contributed by atoms with E-state index in [0.29, 0.717) is 0 Å². The second-order valence-corrected chi connectivity index (χ2v) is 4.39. The molecule has 0 radical (unpaired) electrons. The topological polar surface area (TPSA) is 56.5 Å². The minimum Gasteiger partial charge on any atom is -0.501 e. The average molecular weight is 212 g/mol. The molecule has 0 aromatic carbocycles. The SMILES string of the molecule is COC1(C(NN)C2=COCCC2)CCC1. The van der Waals surface area contributed by atoms with Crippen molar-refractivity contribution < 1.29 is 9.47 Å². The molecule has 4 heteroatoms. The first-order chi connectivity index (χ1) is 7.32. The molecular formula is C11H20N2O2. The number of hydrogen-bond donors (Lipinski definition) is 2. The van der Waals surface area contributed by atoms with E-state index in [1.807, 2.05) is 6.26 Å². The molecule has 4 nitrogen and oxygen atoms in total. The molecule has 1 fully saturated rings. The van der Waals surface area contributed by atoms with E-state index < -0.39 is 0 Å². The zero-order valence-corrected chi connectivity index (χ0v) is 9.29. The van der Waals surface area contributed by atoms with Gasteiger partial charge in [-0.25, -0.2) is 0 Å². The van der Waals surface area contributed by atoms with Crippen molar-refractivity contribution in [3.63, 3.8) is 0 Å². The summed E-state index contributed by atoms with van der Waals surface area (Å²) >= 11 is 0. The minimum absolute atomic E-state index is 0.0959. The normalized spacial score (nSPS) is 26.1. The molecule has 1 aliphatic carbocycles. The molecule has 0 aromatic rings. The number of hydrogen-bond acceptors (Lipinski definition) is 4. The van der Waals surface area contributed by atoms with Crippen LogP contribution in [0, 0.1) is 0 Å². The zero-order chi connectivity index (χ0) is 10.7. The zero-order valence-electron chi connectivity index (χ0n) is 9.29. The van der Waals surface area contributed by atoms with E-state index in [2.05, 4.69) is 5.43 Å². The summed E-state index contributed by atoms with van der Waals surface area (Å²) in [5.74, 6) is 5.65. The molecule has 1 heterocycles. The van der Waals surface area contributed by atoms with Crippen LogP contribution in [0.2, 0.25) is 0 Å². The summed E-state index contributed by atoms with van der Waals surface area (Å²) in [5, 5.41) is 0. The van der Waals surface area contributed by atoms with Crippen molar-refractivity contribution in [1.29, 1.82) is 0 Å². The Hall–Kier alpha value is -0.580. The second-order valence-electron chi connectivity index (χ2n) is 4.39. The van der Waals surface area contributed by atoms with Gasteiger partial charge in [0.2, 0.25) is 0 Å². The Morgan fingerprint density at radius 1 is 1.53 bits per heavy atom. The first-order valence-electron chi connectivity index (χ1n) is 5.64. The van der Waals surface area contributed by atoms with Gasteiger partial charge in [0.15, 0.2) is 0 Å². The fourth-order valence-electron chi connectivity index (χ4n) is 2.53. The van der Waals surface area contributed by atoms with Gasteiger partial charge in [0.1, 0.15) is 0 Å². The minimum atomic E-state index is -0.0959. The van der Waals surface area contributed by atoms with E-state index in [-0.39, 0.29) is 11.6 Å². The Morgan fingerprint density at radius 2 is 2.33 bits per heavy atom. The Kier molecular flexibility index (Phi) is 3.29. The summed E-state index contributed by atoms with van der Waals surface area (Å²) in [7, 11) is 1.77. The van der Waals surface area contributed by atoms with Crippen molar-refractivity contribution >= 4 is 0 Å². The van der Waals surface area contributed by atoms with Gasteiger partial charge < -0.3 is 9.47 Å². The molecule has 0 aromatic heterocycles. The number of rotatable bonds is 4. The van der Waals surface area contributed by atoms with Crippen molar-refractivity contribution in [3.05, 3.63) is 11.8 Å². The van der Waals surface area contributed by atoms with Crippen molar-refractivity contribution in [2.45, 2.75) is 43.7 Å². The highest BCUT2D eigenvalue weighted by molar-refractivity contribution is 5.19. The van der Waals surface area contributed by atoms with E-state index in [0.717, 1.165) is 32.3 Å². The van der Waals surface area contributed by atoms with Crippen LogP contribution in [0.15, 0.2) is 11.8 Å². The number of nitrogens with one attached hydrogen (secondary N) is 1. The van der Waals surface area contributed by atoms with Crippen LogP contribution in [0.1, 0.15) is 32.1 Å². The molecule has 1 unspecified atom stereocenters. The highest BCUT2D eigenvalue weighted by Crippen LogP contribution is 2.41. The lowest BCUT2D eigenvalue weighted by molar-refractivity contribution is -0.0916. The van der Waals surface area contributed by atoms with E-state index >= 15 is 0 Å². The fourth-order valence-corrected chi connectivity index (χ4v) is 2.53. The largest absolute Gasteiger partial charge is 0.501 e. The summed E-state index contributed by atoms with van der Waals surface area (Å²) in [6.07, 6.45) is 7.36. The highest BCUT2D eigenvalue weighted by Gasteiger charge is 2.45. The van der Waals surface area contributed by atoms with Crippen LogP contribution in [0.3, 0.4) is 0 Å². The number of ether oxygens (including phenoxy) is 2. The van der Waals surface area contributed by atoms with Crippen LogP contribution in [0.4, 0.5) is 0 Å². The second kappa shape index (κ2) is 4.51. The van der Waals surface area contributed by atoms with Crippen molar-refractivity contribution in [2.75, 3.05) is 13.7 Å². The predicted octanol–water partition coefficient (Wildman–Crippen LogP) is 1.08. The Balaban J connectivity index is 2.11. The first-order valence-corrected chi connectivity index (χ1v) is 5.64. The molecule has 0 bridgehead atoms. The van der Waals surface area contributed by atoms with E-state index in [1.54, 1.807) is 7.11 Å². The Bertz CT molecular complexity index is 243. The van der Waals surface area contributed by atoms with Gasteiger partial charge in [0, 0.05) is 7.11 Å². The fraction of sp³-hybridized carbons (Fsp3) is 0.818. The highest BCUT2D eigenvalue weighted by atomic mass is 16.5. The van der Waals surface area contributed by atoms with Crippen LogP contribution >= 0.6 is 0 Å². The van der Waals surface area contributed by atoms with Crippen molar-refractivity contribution in [1.82, 2.24) is 5.43 Å². The predicted molar refractivity (Wildman–Crippen MR) is 58.0 cm³/mol. The Labute approximate surface area is 90.8 Å². The van der Waals surface area contributed by atoms with Gasteiger partial charge in [0.25, 0.3) is 0 Å². The molecule has 0 amide bonds. The molecule has 1 saturated carbocycles. The maximum Gasteiger partial charge on any atom is 0.0883 e. The van der Waals surface area contributed by atoms with Gasteiger partial charge in [-0.15, -0.1) is 0 Å². The summed E-state index contributed by atoms with van der Waals surface area (Å²) < 4.78 is 11.0. The molecule has 15 heavy (non-hydrogen) atoms. The standard InChI is InChI=1S/C11H20N2O2/c1-14-11(5-3-6-11)10(13-12)9-4-2-7-15-8-9/h8,10,13H,2-7,12H2,1H3. The summed E-state index contributed by atoms with van der Waals surface area (Å²) in [6.45, 7) is 0.820. The third-order valence-corrected chi connectivity index (χ3v) is 3.63. The van der Waals surface area contributed by atoms with Crippen molar-refractivity contribution in [2.24, 2.45) is 5.84 Å². The van der Waals surface area contributed by atoms with Gasteiger partial charge in [-0.2, -0.15) is 0 Å². The third kappa shape index (κ3) is 1.89. The van der Waals surface area contributed by atoms with Gasteiger partial charge in [-0.05, 0) is 37.7 Å². The quantitative estimate of drug-likeness (QED) is 0.541. The van der Waals surface area contributed by atoms with Crippen LogP contribution in [-0.4, -0.2) is 25.4 Å². The Morgan fingerprint density at radius 3 is 2.73 bits per heavy atom. The molecule has 2 rings (SSSR count). The molecule has 2 aliphatic rings. The van der Waals surface area contributed by atoms with Crippen LogP contribution in [0.25, 0.3) is 0 Å². The van der Waals surface area contributed by atoms with E-state index in [4.69, 9.17) is 15.3 Å². The molecule has 0 saturated heterocycles. The maximum atomic E-state index is 5.65. The summed E-state index contributed by atoms with van der Waals surface area (Å²) in [5.41, 5.74) is 4.04. The molecule has 0 spiro atoms. The van der Waals surface area contributed by atoms with Gasteiger partial charge in [0.05, 0.1) is 24.5 Å². The number of hydrazine groups is 1. The third-order valence-electron chi connectivity index (χ3n) is 3.63. The van der Waals surface area contributed by atoms with Crippen LogP contribution in [0.5, 0.6) is 0 Å². The van der Waals surface area contributed by atoms with Gasteiger partial charge in [-0.3, -0.25) is 11.3 Å². The van der Waals surface area contributed by atoms with Crippen molar-refractivity contribution in [3.8, 4) is 0 Å². The maximum absolute atomic E-state index is 5.65. The first kappa shape index (κ1) is 10.9. The molecule has 3 N–H and O–H groups in total. The molecular weight excluding hydrogens is 192 g/mol. The summed E-state index contributed by atoms with van der Waals surface area (Å²) in [4.78, 5) is 0. The average Bonchev–Trinajstić information content (AvgIpc) is 2.24. The van der Waals surface area contributed by atoms with Crippen LogP contribution in [-0.2, 0) is 9.47 Å². The lowest BCUT2D eigenvalue weighted by Crippen LogP contribution is -2.59. The number of nitrogens with two attached hydrogens (primary N) is 1. The lowest BCUT2D eigenvalue weighted by Gasteiger charge is -2.47. The summed E-state index contributed by atoms with van der Waals surface area (Å²) in [6, 6.07) is 0.108. The van der Waals surface area contributed by atoms with Gasteiger partial charge >= 0.3 is 0 Å². The van der Waals surface area contributed by atoms with E-state index in [1.165, 1.54) is 12.0 Å². The number of methoxy groups -OCH3 is 1. The van der Waals surface area contributed by atoms with Gasteiger partial charge in [-0.1, -0.05) is 0 Å². The smallest absolute Gasteiger partial charge is 0.0883 e. The monoisotopic (exact) mass is 212 g/mol. The van der Waals surface area contributed by atoms with E-state index in [9.17, 15) is 0 Å².